The van der Waals surface area contributed by atoms with E-state index in [1.807, 2.05) is 0 Å². The Kier molecular flexibility index (Phi) is 3.30. The molecule has 2 saturated heterocycles. The van der Waals surface area contributed by atoms with E-state index in [9.17, 15) is 0 Å². The summed E-state index contributed by atoms with van der Waals surface area (Å²) in [6.45, 7) is 3.25. The second kappa shape index (κ2) is 4.99. The highest BCUT2D eigenvalue weighted by atomic mass is 16.7. The molecule has 0 unspecified atom stereocenters. The Morgan fingerprint density at radius 1 is 1.05 bits per heavy atom. The normalized spacial score (nSPS) is 34.3. The van der Waals surface area contributed by atoms with Crippen molar-refractivity contribution >= 4 is 0 Å². The van der Waals surface area contributed by atoms with Crippen LogP contribution in [0, 0.1) is 11.8 Å². The van der Waals surface area contributed by atoms with Crippen molar-refractivity contribution in [3.63, 3.8) is 0 Å². The lowest BCUT2D eigenvalue weighted by Gasteiger charge is -2.31. The number of hydrogen-bond acceptors (Lipinski definition) is 4. The number of ether oxygens (including phenoxy) is 3. The van der Waals surface area contributed by atoms with E-state index in [0.717, 1.165) is 57.1 Å². The van der Waals surface area contributed by atoms with Crippen LogP contribution in [0.1, 0.15) is 38.5 Å². The van der Waals surface area contributed by atoms with Gasteiger partial charge in [-0.3, -0.25) is 0 Å². The fourth-order valence-electron chi connectivity index (χ4n) is 3.56. The molecule has 0 radical (unpaired) electrons. The van der Waals surface area contributed by atoms with Gasteiger partial charge in [-0.25, -0.2) is 0 Å². The van der Waals surface area contributed by atoms with Crippen LogP contribution in [0.4, 0.5) is 0 Å². The lowest BCUT2D eigenvalue weighted by Crippen LogP contribution is -2.41. The molecule has 0 bridgehead atoms. The molecule has 0 amide bonds. The average molecular weight is 267 g/mol. The zero-order valence-electron chi connectivity index (χ0n) is 11.6. The molecule has 4 nitrogen and oxygen atoms in total. The Hall–Kier alpha value is -0.160. The molecule has 4 aliphatic rings. The van der Waals surface area contributed by atoms with Gasteiger partial charge in [-0.05, 0) is 37.5 Å². The van der Waals surface area contributed by atoms with Gasteiger partial charge in [-0.2, -0.15) is 0 Å². The highest BCUT2D eigenvalue weighted by Crippen LogP contribution is 2.44. The van der Waals surface area contributed by atoms with Crippen LogP contribution in [0.3, 0.4) is 0 Å². The van der Waals surface area contributed by atoms with Gasteiger partial charge in [0.15, 0.2) is 5.79 Å². The molecule has 108 valence electrons. The molecular formula is C15H25NO3. The highest BCUT2D eigenvalue weighted by molar-refractivity contribution is 4.97. The van der Waals surface area contributed by atoms with Crippen LogP contribution in [0.15, 0.2) is 0 Å². The molecule has 1 atom stereocenters. The van der Waals surface area contributed by atoms with Crippen molar-refractivity contribution in [2.24, 2.45) is 11.8 Å². The van der Waals surface area contributed by atoms with Crippen molar-refractivity contribution in [1.82, 2.24) is 5.32 Å². The third kappa shape index (κ3) is 2.82. The first-order valence-electron chi connectivity index (χ1n) is 7.98. The molecule has 0 aromatic carbocycles. The maximum atomic E-state index is 6.18. The predicted octanol–water partition coefficient (Wildman–Crippen LogP) is 1.69. The topological polar surface area (TPSA) is 39.7 Å². The Balaban J connectivity index is 1.27. The molecular weight excluding hydrogens is 242 g/mol. The Bertz CT molecular complexity index is 309. The van der Waals surface area contributed by atoms with Gasteiger partial charge in [0.05, 0.1) is 25.9 Å². The molecule has 2 saturated carbocycles. The summed E-state index contributed by atoms with van der Waals surface area (Å²) in [6.07, 6.45) is 7.72. The SMILES string of the molecule is C1CC2(CCO1)OC[C@H](CNC(C1CC1)C1CC1)O2. The van der Waals surface area contributed by atoms with Crippen molar-refractivity contribution < 1.29 is 14.2 Å². The number of nitrogens with one attached hydrogen (secondary N) is 1. The maximum absolute atomic E-state index is 6.18. The molecule has 19 heavy (non-hydrogen) atoms. The van der Waals surface area contributed by atoms with Crippen molar-refractivity contribution in [1.29, 1.82) is 0 Å². The van der Waals surface area contributed by atoms with Crippen molar-refractivity contribution in [3.05, 3.63) is 0 Å². The first-order chi connectivity index (χ1) is 9.35. The third-order valence-corrected chi connectivity index (χ3v) is 5.01. The lowest BCUT2D eigenvalue weighted by molar-refractivity contribution is -0.210. The van der Waals surface area contributed by atoms with Crippen LogP contribution in [0.25, 0.3) is 0 Å². The van der Waals surface area contributed by atoms with Crippen molar-refractivity contribution in [3.8, 4) is 0 Å². The molecule has 2 aliphatic heterocycles. The van der Waals surface area contributed by atoms with Crippen LogP contribution in [0.5, 0.6) is 0 Å². The van der Waals surface area contributed by atoms with Crippen LogP contribution in [0.2, 0.25) is 0 Å². The molecule has 1 spiro atoms. The van der Waals surface area contributed by atoms with Crippen LogP contribution >= 0.6 is 0 Å². The van der Waals surface area contributed by atoms with Crippen LogP contribution in [-0.2, 0) is 14.2 Å². The first-order valence-corrected chi connectivity index (χ1v) is 7.98. The first kappa shape index (κ1) is 12.6. The highest BCUT2D eigenvalue weighted by Gasteiger charge is 2.44. The number of hydrogen-bond donors (Lipinski definition) is 1. The summed E-state index contributed by atoms with van der Waals surface area (Å²) in [7, 11) is 0. The molecule has 0 aromatic heterocycles. The van der Waals surface area contributed by atoms with Gasteiger partial charge in [0, 0.05) is 25.4 Å². The van der Waals surface area contributed by atoms with Gasteiger partial charge in [0.2, 0.25) is 0 Å². The molecule has 0 aromatic rings. The molecule has 4 fully saturated rings. The summed E-state index contributed by atoms with van der Waals surface area (Å²) in [5, 5.41) is 3.77. The Labute approximate surface area is 115 Å². The van der Waals surface area contributed by atoms with Crippen LogP contribution in [-0.4, -0.2) is 44.3 Å². The van der Waals surface area contributed by atoms with E-state index in [4.69, 9.17) is 14.2 Å². The monoisotopic (exact) mass is 267 g/mol. The second-order valence-corrected chi connectivity index (χ2v) is 6.68. The number of rotatable bonds is 5. The van der Waals surface area contributed by atoms with Gasteiger partial charge >= 0.3 is 0 Å². The zero-order valence-corrected chi connectivity index (χ0v) is 11.6. The minimum absolute atomic E-state index is 0.234. The summed E-state index contributed by atoms with van der Waals surface area (Å²) in [6, 6.07) is 0.759. The molecule has 2 heterocycles. The van der Waals surface area contributed by atoms with Crippen molar-refractivity contribution in [2.45, 2.75) is 56.5 Å². The minimum Gasteiger partial charge on any atom is -0.381 e. The van der Waals surface area contributed by atoms with Gasteiger partial charge in [0.25, 0.3) is 0 Å². The largest absolute Gasteiger partial charge is 0.381 e. The average Bonchev–Trinajstić information content (AvgIpc) is 3.33. The molecule has 2 aliphatic carbocycles. The van der Waals surface area contributed by atoms with Crippen LogP contribution < -0.4 is 5.32 Å². The quantitative estimate of drug-likeness (QED) is 0.823. The fourth-order valence-corrected chi connectivity index (χ4v) is 3.56. The van der Waals surface area contributed by atoms with E-state index in [2.05, 4.69) is 5.32 Å². The van der Waals surface area contributed by atoms with E-state index in [1.165, 1.54) is 25.7 Å². The summed E-state index contributed by atoms with van der Waals surface area (Å²) in [5.41, 5.74) is 0. The van der Waals surface area contributed by atoms with E-state index < -0.39 is 0 Å². The smallest absolute Gasteiger partial charge is 0.173 e. The minimum atomic E-state index is -0.320. The fraction of sp³-hybridized carbons (Fsp3) is 1.00. The standard InChI is InChI=1S/C15H25NO3/c1-2-11(1)14(12-3-4-12)16-9-13-10-18-15(19-13)5-7-17-8-6-15/h11-14,16H,1-10H2/t13-/m0/s1. The van der Waals surface area contributed by atoms with Gasteiger partial charge in [-0.15, -0.1) is 0 Å². The van der Waals surface area contributed by atoms with E-state index in [0.29, 0.717) is 0 Å². The van der Waals surface area contributed by atoms with Gasteiger partial charge < -0.3 is 19.5 Å². The predicted molar refractivity (Wildman–Crippen MR) is 70.8 cm³/mol. The molecule has 1 N–H and O–H groups in total. The van der Waals surface area contributed by atoms with E-state index in [1.54, 1.807) is 0 Å². The molecule has 4 rings (SSSR count). The summed E-state index contributed by atoms with van der Waals surface area (Å²) in [4.78, 5) is 0. The summed E-state index contributed by atoms with van der Waals surface area (Å²) >= 11 is 0. The van der Waals surface area contributed by atoms with Gasteiger partial charge in [-0.1, -0.05) is 0 Å². The maximum Gasteiger partial charge on any atom is 0.173 e. The third-order valence-electron chi connectivity index (χ3n) is 5.01. The Morgan fingerprint density at radius 3 is 2.37 bits per heavy atom. The van der Waals surface area contributed by atoms with Gasteiger partial charge in [0.1, 0.15) is 0 Å². The molecule has 4 heteroatoms. The zero-order chi connectivity index (χ0) is 12.7. The van der Waals surface area contributed by atoms with E-state index >= 15 is 0 Å². The lowest BCUT2D eigenvalue weighted by atomic mass is 10.1. The van der Waals surface area contributed by atoms with Crippen molar-refractivity contribution in [2.75, 3.05) is 26.4 Å². The summed E-state index contributed by atoms with van der Waals surface area (Å²) in [5.74, 6) is 1.58. The summed E-state index contributed by atoms with van der Waals surface area (Å²) < 4.78 is 17.5. The van der Waals surface area contributed by atoms with E-state index in [-0.39, 0.29) is 11.9 Å². The second-order valence-electron chi connectivity index (χ2n) is 6.68. The Morgan fingerprint density at radius 2 is 1.74 bits per heavy atom.